The molecule has 0 radical (unpaired) electrons. The molecule has 0 spiro atoms. The molecule has 0 heteroatoms. The molecule has 0 amide bonds. The lowest BCUT2D eigenvalue weighted by Gasteiger charge is -2.21. The molecule has 356 valence electrons. The van der Waals surface area contributed by atoms with Crippen molar-refractivity contribution in [1.29, 1.82) is 0 Å². The van der Waals surface area contributed by atoms with E-state index in [1.165, 1.54) is 163 Å². The summed E-state index contributed by atoms with van der Waals surface area (Å²) in [6.45, 7) is 0. The van der Waals surface area contributed by atoms with E-state index in [1.807, 2.05) is 6.07 Å². The molecule has 17 aromatic rings. The maximum atomic E-state index is 3.32. The van der Waals surface area contributed by atoms with E-state index in [0.717, 1.165) is 10.8 Å². The first-order valence-electron chi connectivity index (χ1n) is 27.1. The van der Waals surface area contributed by atoms with Crippen molar-refractivity contribution < 1.29 is 0 Å². The maximum Gasteiger partial charge on any atom is 0.0321 e. The number of benzene rings is 16. The van der Waals surface area contributed by atoms with Gasteiger partial charge in [0.1, 0.15) is 0 Å². The highest BCUT2D eigenvalue weighted by molar-refractivity contribution is 6.34. The van der Waals surface area contributed by atoms with Crippen molar-refractivity contribution in [1.82, 2.24) is 0 Å². The zero-order valence-electron chi connectivity index (χ0n) is 42.4. The smallest absolute Gasteiger partial charge is 0.0321 e. The van der Waals surface area contributed by atoms with Gasteiger partial charge in [-0.15, -0.1) is 0 Å². The molecular weight excluding hydrogens is 937 g/mol. The first kappa shape index (κ1) is 43.0. The molecular formula is C78H44. The quantitative estimate of drug-likeness (QED) is 0.119. The fourth-order valence-electron chi connectivity index (χ4n) is 13.7. The molecule has 0 atom stereocenters. The van der Waals surface area contributed by atoms with Gasteiger partial charge in [0, 0.05) is 5.39 Å². The van der Waals surface area contributed by atoms with Gasteiger partial charge in [0.2, 0.25) is 0 Å². The number of fused-ring (bicyclic) bond motifs is 9. The molecule has 0 unspecified atom stereocenters. The summed E-state index contributed by atoms with van der Waals surface area (Å²) in [5.74, 6) is 0. The van der Waals surface area contributed by atoms with Crippen molar-refractivity contribution >= 4 is 118 Å². The van der Waals surface area contributed by atoms with Crippen molar-refractivity contribution in [2.75, 3.05) is 0 Å². The average molecular weight is 981 g/mol. The van der Waals surface area contributed by atoms with Gasteiger partial charge < -0.3 is 0 Å². The summed E-state index contributed by atoms with van der Waals surface area (Å²) in [4.78, 5) is 0. The van der Waals surface area contributed by atoms with E-state index < -0.39 is 0 Å². The van der Waals surface area contributed by atoms with Crippen molar-refractivity contribution in [3.8, 4) is 55.6 Å². The minimum absolute atomic E-state index is 1.06. The molecule has 0 fully saturated rings. The molecule has 17 rings (SSSR count). The van der Waals surface area contributed by atoms with Gasteiger partial charge in [-0.3, -0.25) is 0 Å². The van der Waals surface area contributed by atoms with Crippen LogP contribution in [0, 0.1) is 12.1 Å². The Kier molecular flexibility index (Phi) is 9.14. The normalized spacial score (nSPS) is 12.0. The van der Waals surface area contributed by atoms with E-state index >= 15 is 0 Å². The van der Waals surface area contributed by atoms with Gasteiger partial charge in [0.25, 0.3) is 0 Å². The van der Waals surface area contributed by atoms with Crippen molar-refractivity contribution in [2.45, 2.75) is 0 Å². The molecule has 0 N–H and O–H groups in total. The predicted octanol–water partition coefficient (Wildman–Crippen LogP) is 21.7. The van der Waals surface area contributed by atoms with Crippen LogP contribution in [0.1, 0.15) is 0 Å². The third-order valence-electron chi connectivity index (χ3n) is 17.1. The largest absolute Gasteiger partial charge is 0.0696 e. The highest BCUT2D eigenvalue weighted by atomic mass is 14.3. The SMILES string of the molecule is c1ccc2cc(-c3c4ccccc4c(-c4ccc5ccccc5c4)c4cc(-c5c6ccccc6c(-c6ccc7cc(-c8ccc9c%10cccc%11cccc(c%12cccc8c%129)c%11%10)ccc7c6)c6ccccc56)ccc34)ccc2c#1. The Morgan fingerprint density at radius 3 is 1.22 bits per heavy atom. The van der Waals surface area contributed by atoms with Gasteiger partial charge in [0.15, 0.2) is 0 Å². The molecule has 0 aliphatic rings. The topological polar surface area (TPSA) is 0 Å². The molecule has 0 bridgehead atoms. The molecule has 0 saturated carbocycles. The first-order chi connectivity index (χ1) is 38.7. The molecule has 78 heavy (non-hydrogen) atoms. The van der Waals surface area contributed by atoms with Crippen LogP contribution in [0.3, 0.4) is 0 Å². The fraction of sp³-hybridized carbons (Fsp3) is 0. The zero-order chi connectivity index (χ0) is 51.0. The van der Waals surface area contributed by atoms with Gasteiger partial charge in [-0.1, -0.05) is 231 Å². The van der Waals surface area contributed by atoms with Crippen LogP contribution in [0.2, 0.25) is 0 Å². The Labute approximate surface area is 450 Å². The van der Waals surface area contributed by atoms with Crippen LogP contribution in [0.4, 0.5) is 0 Å². The Morgan fingerprint density at radius 2 is 0.590 bits per heavy atom. The Balaban J connectivity index is 0.852. The average Bonchev–Trinajstić information content (AvgIpc) is 3.60. The van der Waals surface area contributed by atoms with Crippen LogP contribution in [0.25, 0.3) is 174 Å². The lowest BCUT2D eigenvalue weighted by atomic mass is 9.82. The van der Waals surface area contributed by atoms with Gasteiger partial charge >= 0.3 is 0 Å². The fourth-order valence-corrected chi connectivity index (χ4v) is 13.7. The second-order valence-electron chi connectivity index (χ2n) is 21.2. The summed E-state index contributed by atoms with van der Waals surface area (Å²) < 4.78 is 0. The van der Waals surface area contributed by atoms with Crippen molar-refractivity contribution in [2.24, 2.45) is 0 Å². The van der Waals surface area contributed by atoms with E-state index in [-0.39, 0.29) is 0 Å². The van der Waals surface area contributed by atoms with Crippen molar-refractivity contribution in [3.63, 3.8) is 0 Å². The van der Waals surface area contributed by atoms with Crippen LogP contribution in [0.15, 0.2) is 267 Å². The van der Waals surface area contributed by atoms with Gasteiger partial charge in [-0.25, -0.2) is 0 Å². The highest BCUT2D eigenvalue weighted by Gasteiger charge is 2.22. The molecule has 0 nitrogen and oxygen atoms in total. The second kappa shape index (κ2) is 16.6. The number of rotatable bonds is 5. The monoisotopic (exact) mass is 980 g/mol. The lowest BCUT2D eigenvalue weighted by molar-refractivity contribution is 1.66. The van der Waals surface area contributed by atoms with Crippen LogP contribution < -0.4 is 0 Å². The zero-order valence-corrected chi connectivity index (χ0v) is 42.4. The minimum atomic E-state index is 1.06. The third-order valence-corrected chi connectivity index (χ3v) is 17.1. The van der Waals surface area contributed by atoms with Crippen LogP contribution in [0.5, 0.6) is 0 Å². The minimum Gasteiger partial charge on any atom is -0.0696 e. The van der Waals surface area contributed by atoms with Crippen LogP contribution >= 0.6 is 0 Å². The lowest BCUT2D eigenvalue weighted by Crippen LogP contribution is -1.94. The summed E-state index contributed by atoms with van der Waals surface area (Å²) in [5, 5.41) is 27.5. The third kappa shape index (κ3) is 6.31. The summed E-state index contributed by atoms with van der Waals surface area (Å²) >= 11 is 0. The highest BCUT2D eigenvalue weighted by Crippen LogP contribution is 2.50. The summed E-state index contributed by atoms with van der Waals surface area (Å²) in [7, 11) is 0. The molecule has 0 heterocycles. The number of hydrogen-bond donors (Lipinski definition) is 0. The van der Waals surface area contributed by atoms with Crippen LogP contribution in [-0.2, 0) is 0 Å². The van der Waals surface area contributed by atoms with Gasteiger partial charge in [0.05, 0.1) is 0 Å². The van der Waals surface area contributed by atoms with E-state index in [2.05, 4.69) is 273 Å². The Morgan fingerprint density at radius 1 is 0.205 bits per heavy atom. The number of hydrogen-bond acceptors (Lipinski definition) is 0. The molecule has 17 aromatic carbocycles. The van der Waals surface area contributed by atoms with E-state index in [0.29, 0.717) is 0 Å². The predicted molar refractivity (Wildman–Crippen MR) is 335 cm³/mol. The Hall–Kier alpha value is -10.3. The van der Waals surface area contributed by atoms with Crippen LogP contribution in [-0.4, -0.2) is 0 Å². The molecule has 0 aliphatic carbocycles. The van der Waals surface area contributed by atoms with E-state index in [4.69, 9.17) is 0 Å². The van der Waals surface area contributed by atoms with E-state index in [9.17, 15) is 0 Å². The molecule has 0 aliphatic heterocycles. The Bertz CT molecular complexity index is 5280. The van der Waals surface area contributed by atoms with Crippen molar-refractivity contribution in [3.05, 3.63) is 279 Å². The molecule has 0 aromatic heterocycles. The van der Waals surface area contributed by atoms with Gasteiger partial charge in [-0.2, -0.15) is 0 Å². The summed E-state index contributed by atoms with van der Waals surface area (Å²) in [5.41, 5.74) is 12.3. The summed E-state index contributed by atoms with van der Waals surface area (Å²) in [6, 6.07) is 107. The van der Waals surface area contributed by atoms with E-state index in [1.54, 1.807) is 0 Å². The maximum absolute atomic E-state index is 3.32. The summed E-state index contributed by atoms with van der Waals surface area (Å²) in [6.07, 6.45) is 0. The first-order valence-corrected chi connectivity index (χ1v) is 27.1. The standard InChI is InChI=1S/C78H44/c1-3-16-50-43-55(35-30-47(50)14-1)75-65-24-9-10-25-66(65)77(57-36-31-48-15-2-4-17-51(48)44-57)72-46-58(38-39-71(72)75)76-63-22-7-5-20-61(63)74(62-21-6-8-23-64(62)76)56-37-33-52-42-54(34-32-53(52)45-56)59-40-41-70-68-27-12-19-49-18-11-26-67(73(49)68)69-29-13-28-60(59)78(69)70/h2-13,15-46H. The van der Waals surface area contributed by atoms with Gasteiger partial charge in [-0.05, 0) is 217 Å². The molecule has 0 saturated heterocycles. The second-order valence-corrected chi connectivity index (χ2v) is 21.2.